The van der Waals surface area contributed by atoms with Crippen molar-refractivity contribution < 1.29 is 0 Å². The van der Waals surface area contributed by atoms with Crippen LogP contribution in [-0.2, 0) is 0 Å². The van der Waals surface area contributed by atoms with Gasteiger partial charge in [0.2, 0.25) is 0 Å². The lowest BCUT2D eigenvalue weighted by atomic mass is 10.3. The highest BCUT2D eigenvalue weighted by atomic mass is 79.9. The monoisotopic (exact) mass is 330 g/mol. The average molecular weight is 331 g/mol. The van der Waals surface area contributed by atoms with Crippen LogP contribution in [0.15, 0.2) is 73.3 Å². The van der Waals surface area contributed by atoms with E-state index in [1.807, 2.05) is 6.08 Å². The van der Waals surface area contributed by atoms with Crippen LogP contribution >= 0.6 is 15.3 Å². The molecule has 0 nitrogen and oxygen atoms in total. The zero-order valence-corrected chi connectivity index (χ0v) is 13.6. The largest absolute Gasteiger partial charge is 0.191 e. The fraction of sp³-hybridized carbons (Fsp3) is 0.176. The number of hydrogen-bond donors (Lipinski definition) is 0. The zero-order valence-electron chi connectivity index (χ0n) is 11.1. The number of benzene rings is 2. The Labute approximate surface area is 124 Å². The Morgan fingerprint density at radius 1 is 0.895 bits per heavy atom. The number of hydrogen-bond acceptors (Lipinski definition) is 0. The van der Waals surface area contributed by atoms with E-state index >= 15 is 0 Å². The van der Waals surface area contributed by atoms with Crippen molar-refractivity contribution >= 4 is 32.4 Å². The molecule has 19 heavy (non-hydrogen) atoms. The van der Waals surface area contributed by atoms with Gasteiger partial charge in [-0.1, -0.05) is 73.2 Å². The summed E-state index contributed by atoms with van der Waals surface area (Å²) in [6.07, 6.45) is 4.28. The maximum Gasteiger partial charge on any atom is 0.191 e. The predicted octanol–water partition coefficient (Wildman–Crippen LogP) is 4.11. The Morgan fingerprint density at radius 3 is 1.79 bits per heavy atom. The Balaban J connectivity index is 2.35. The lowest BCUT2D eigenvalue weighted by molar-refractivity contribution is 0.949. The summed E-state index contributed by atoms with van der Waals surface area (Å²) in [5, 5.41) is 2.90. The van der Waals surface area contributed by atoms with Crippen molar-refractivity contribution in [2.24, 2.45) is 0 Å². The van der Waals surface area contributed by atoms with E-state index in [9.17, 15) is 0 Å². The third kappa shape index (κ3) is 3.46. The molecule has 0 aliphatic rings. The van der Waals surface area contributed by atoms with Gasteiger partial charge in [0.25, 0.3) is 0 Å². The summed E-state index contributed by atoms with van der Waals surface area (Å²) in [6.45, 7) is 2.05. The van der Waals surface area contributed by atoms with Crippen LogP contribution in [0.2, 0.25) is 6.04 Å². The number of rotatable bonds is 6. The van der Waals surface area contributed by atoms with Crippen molar-refractivity contribution in [3.05, 3.63) is 73.3 Å². The molecule has 0 aliphatic heterocycles. The minimum Gasteiger partial charge on any atom is -0.114 e. The van der Waals surface area contributed by atoms with E-state index in [4.69, 9.17) is 0 Å². The van der Waals surface area contributed by atoms with Crippen molar-refractivity contribution in [1.82, 2.24) is 0 Å². The van der Waals surface area contributed by atoms with Crippen LogP contribution in [-0.4, -0.2) is 6.69 Å². The van der Waals surface area contributed by atoms with Gasteiger partial charge >= 0.3 is 0 Å². The molecule has 0 fully saturated rings. The molecule has 2 rings (SSSR count). The van der Waals surface area contributed by atoms with Crippen molar-refractivity contribution in [1.29, 1.82) is 0 Å². The minimum atomic E-state index is -1.77. The van der Waals surface area contributed by atoms with E-state index in [1.165, 1.54) is 22.8 Å². The third-order valence-electron chi connectivity index (χ3n) is 3.39. The third-order valence-corrected chi connectivity index (χ3v) is 10.9. The summed E-state index contributed by atoms with van der Waals surface area (Å²) in [5.41, 5.74) is 0. The number of halogens is 1. The van der Waals surface area contributed by atoms with Gasteiger partial charge in [0, 0.05) is 0 Å². The lowest BCUT2D eigenvalue weighted by Crippen LogP contribution is -2.52. The molecule has 0 saturated carbocycles. The summed E-state index contributed by atoms with van der Waals surface area (Å²) in [7, 11) is 0. The first-order chi connectivity index (χ1) is 9.27. The highest BCUT2D eigenvalue weighted by Crippen LogP contribution is 2.21. The first kappa shape index (κ1) is 14.3. The average Bonchev–Trinajstić information content (AvgIpc) is 2.49. The fourth-order valence-electron chi connectivity index (χ4n) is 2.35. The van der Waals surface area contributed by atoms with E-state index in [1.54, 1.807) is 0 Å². The Hall–Kier alpha value is -1.12. The second kappa shape index (κ2) is 6.87. The van der Waals surface area contributed by atoms with Gasteiger partial charge in [-0.2, -0.15) is 0 Å². The smallest absolute Gasteiger partial charge is 0.114 e. The van der Waals surface area contributed by atoms with Crippen LogP contribution in [0.25, 0.3) is 0 Å². The molecule has 0 N–H and O–H groups in total. The number of unbranched alkanes of at least 4 members (excludes halogenated alkanes) is 1. The Morgan fingerprint density at radius 2 is 1.37 bits per heavy atom. The van der Waals surface area contributed by atoms with Crippen LogP contribution in [0.5, 0.6) is 0 Å². The van der Waals surface area contributed by atoms with Gasteiger partial charge in [-0.25, -0.2) is 0 Å². The maximum absolute atomic E-state index is 4.14. The van der Waals surface area contributed by atoms with Crippen molar-refractivity contribution in [3.8, 4) is 0 Å². The van der Waals surface area contributed by atoms with Gasteiger partial charge in [-0.3, -0.25) is 0 Å². The fourth-order valence-corrected chi connectivity index (χ4v) is 7.82. The standard InChI is InChI=1S/C17H19BrSi/c1-2-3-10-15-19(18,16-11-6-4-7-12-16)17-13-8-5-9-14-17/h2,4-9,11-14H,1,3,10,15H2. The normalized spacial score (nSPS) is 11.2. The highest BCUT2D eigenvalue weighted by molar-refractivity contribution is 9.27. The zero-order chi connectivity index (χ0) is 13.6. The molecule has 0 spiro atoms. The molecule has 0 bridgehead atoms. The molecule has 0 radical (unpaired) electrons. The molecule has 2 aromatic rings. The van der Waals surface area contributed by atoms with Crippen LogP contribution in [0.4, 0.5) is 0 Å². The second-order valence-corrected chi connectivity index (χ2v) is 12.0. The van der Waals surface area contributed by atoms with Crippen LogP contribution < -0.4 is 10.4 Å². The summed E-state index contributed by atoms with van der Waals surface area (Å²) in [5.74, 6) is 0. The lowest BCUT2D eigenvalue weighted by Gasteiger charge is -2.26. The summed E-state index contributed by atoms with van der Waals surface area (Å²) < 4.78 is 0. The van der Waals surface area contributed by atoms with E-state index < -0.39 is 6.69 Å². The molecule has 98 valence electrons. The molecule has 0 saturated heterocycles. The Kier molecular flexibility index (Phi) is 5.17. The first-order valence-corrected chi connectivity index (χ1v) is 11.1. The van der Waals surface area contributed by atoms with Gasteiger partial charge in [-0.05, 0) is 22.8 Å². The van der Waals surface area contributed by atoms with Gasteiger partial charge in [0.15, 0.2) is 6.69 Å². The predicted molar refractivity (Wildman–Crippen MR) is 91.1 cm³/mol. The highest BCUT2D eigenvalue weighted by Gasteiger charge is 2.33. The molecule has 0 amide bonds. The molecular weight excluding hydrogens is 312 g/mol. The molecular formula is C17H19BrSi. The van der Waals surface area contributed by atoms with E-state index in [-0.39, 0.29) is 0 Å². The summed E-state index contributed by atoms with van der Waals surface area (Å²) in [6, 6.07) is 22.9. The molecule has 2 heteroatoms. The van der Waals surface area contributed by atoms with Crippen LogP contribution in [0, 0.1) is 0 Å². The SMILES string of the molecule is C=CCCC[Si](Br)(c1ccccc1)c1ccccc1. The Bertz CT molecular complexity index is 468. The van der Waals surface area contributed by atoms with Crippen LogP contribution in [0.3, 0.4) is 0 Å². The quantitative estimate of drug-likeness (QED) is 0.323. The topological polar surface area (TPSA) is 0 Å². The van der Waals surface area contributed by atoms with E-state index in [0.29, 0.717) is 0 Å². The summed E-state index contributed by atoms with van der Waals surface area (Å²) >= 11 is 4.14. The minimum absolute atomic E-state index is 1.08. The summed E-state index contributed by atoms with van der Waals surface area (Å²) in [4.78, 5) is 0. The van der Waals surface area contributed by atoms with Gasteiger partial charge in [0.1, 0.15) is 0 Å². The van der Waals surface area contributed by atoms with E-state index in [0.717, 1.165) is 6.42 Å². The molecule has 0 aromatic heterocycles. The van der Waals surface area contributed by atoms with Gasteiger partial charge < -0.3 is 0 Å². The first-order valence-electron chi connectivity index (χ1n) is 6.68. The van der Waals surface area contributed by atoms with Gasteiger partial charge in [-0.15, -0.1) is 21.9 Å². The molecule has 0 atom stereocenters. The molecule has 2 aromatic carbocycles. The molecule has 0 heterocycles. The van der Waals surface area contributed by atoms with Crippen molar-refractivity contribution in [3.63, 3.8) is 0 Å². The van der Waals surface area contributed by atoms with E-state index in [2.05, 4.69) is 82.5 Å². The van der Waals surface area contributed by atoms with Gasteiger partial charge in [0.05, 0.1) is 0 Å². The molecule has 0 aliphatic carbocycles. The maximum atomic E-state index is 4.14. The van der Waals surface area contributed by atoms with Crippen LogP contribution in [0.1, 0.15) is 12.8 Å². The van der Waals surface area contributed by atoms with Crippen molar-refractivity contribution in [2.75, 3.05) is 0 Å². The molecule has 0 unspecified atom stereocenters. The van der Waals surface area contributed by atoms with Crippen molar-refractivity contribution in [2.45, 2.75) is 18.9 Å². The number of allylic oxidation sites excluding steroid dienone is 1. The second-order valence-electron chi connectivity index (χ2n) is 4.71.